The van der Waals surface area contributed by atoms with E-state index < -0.39 is 0 Å². The summed E-state index contributed by atoms with van der Waals surface area (Å²) in [7, 11) is 0. The van der Waals surface area contributed by atoms with Crippen LogP contribution in [0.5, 0.6) is 0 Å². The summed E-state index contributed by atoms with van der Waals surface area (Å²) >= 11 is 6.39. The number of hydrogen-bond acceptors (Lipinski definition) is 2. The molecule has 3 rings (SSSR count). The van der Waals surface area contributed by atoms with Gasteiger partial charge >= 0.3 is 0 Å². The molecule has 0 heterocycles. The SMILES string of the molecule is OC[C@H]1C=C[C@@H](N[C@@H](Cc2ccc(F)cc2)c2ccccc2Cl)C1. The minimum atomic E-state index is -0.231. The Hall–Kier alpha value is -1.68. The zero-order chi connectivity index (χ0) is 16.9. The minimum absolute atomic E-state index is 0.0243. The van der Waals surface area contributed by atoms with Crippen molar-refractivity contribution in [1.82, 2.24) is 5.32 Å². The van der Waals surface area contributed by atoms with Gasteiger partial charge in [-0.05, 0) is 42.2 Å². The highest BCUT2D eigenvalue weighted by atomic mass is 35.5. The van der Waals surface area contributed by atoms with Gasteiger partial charge in [-0.3, -0.25) is 0 Å². The van der Waals surface area contributed by atoms with E-state index >= 15 is 0 Å². The van der Waals surface area contributed by atoms with E-state index in [0.717, 1.165) is 29.0 Å². The summed E-state index contributed by atoms with van der Waals surface area (Å²) < 4.78 is 13.2. The Balaban J connectivity index is 1.80. The number of hydrogen-bond donors (Lipinski definition) is 2. The highest BCUT2D eigenvalue weighted by molar-refractivity contribution is 6.31. The zero-order valence-electron chi connectivity index (χ0n) is 13.3. The molecule has 0 bridgehead atoms. The summed E-state index contributed by atoms with van der Waals surface area (Å²) in [6.45, 7) is 0.170. The molecule has 0 aromatic heterocycles. The molecule has 0 spiro atoms. The van der Waals surface area contributed by atoms with E-state index in [9.17, 15) is 9.50 Å². The van der Waals surface area contributed by atoms with E-state index in [4.69, 9.17) is 11.6 Å². The topological polar surface area (TPSA) is 32.3 Å². The Morgan fingerprint density at radius 3 is 2.54 bits per heavy atom. The fourth-order valence-corrected chi connectivity index (χ4v) is 3.43. The first-order valence-corrected chi connectivity index (χ1v) is 8.57. The number of aliphatic hydroxyl groups excluding tert-OH is 1. The number of benzene rings is 2. The van der Waals surface area contributed by atoms with Crippen molar-refractivity contribution < 1.29 is 9.50 Å². The van der Waals surface area contributed by atoms with Gasteiger partial charge in [-0.25, -0.2) is 4.39 Å². The van der Waals surface area contributed by atoms with E-state index in [1.807, 2.05) is 36.4 Å². The molecule has 1 aliphatic rings. The summed E-state index contributed by atoms with van der Waals surface area (Å²) in [6.07, 6.45) is 5.76. The van der Waals surface area contributed by atoms with Crippen molar-refractivity contribution in [3.8, 4) is 0 Å². The lowest BCUT2D eigenvalue weighted by atomic mass is 9.97. The first-order valence-electron chi connectivity index (χ1n) is 8.20. The lowest BCUT2D eigenvalue weighted by Crippen LogP contribution is -2.32. The monoisotopic (exact) mass is 345 g/mol. The molecule has 126 valence electrons. The van der Waals surface area contributed by atoms with E-state index in [1.54, 1.807) is 0 Å². The molecule has 1 aliphatic carbocycles. The highest BCUT2D eigenvalue weighted by Crippen LogP contribution is 2.28. The van der Waals surface area contributed by atoms with Gasteiger partial charge in [0.2, 0.25) is 0 Å². The van der Waals surface area contributed by atoms with Crippen LogP contribution in [-0.2, 0) is 6.42 Å². The fourth-order valence-electron chi connectivity index (χ4n) is 3.16. The molecule has 0 radical (unpaired) electrons. The molecule has 0 saturated carbocycles. The van der Waals surface area contributed by atoms with Crippen LogP contribution in [0.25, 0.3) is 0 Å². The van der Waals surface area contributed by atoms with Gasteiger partial charge in [-0.1, -0.05) is 54.1 Å². The van der Waals surface area contributed by atoms with Crippen molar-refractivity contribution in [3.63, 3.8) is 0 Å². The van der Waals surface area contributed by atoms with Crippen molar-refractivity contribution in [3.05, 3.63) is 82.6 Å². The molecule has 0 amide bonds. The summed E-state index contributed by atoms with van der Waals surface area (Å²) in [4.78, 5) is 0. The second-order valence-electron chi connectivity index (χ2n) is 6.24. The summed E-state index contributed by atoms with van der Waals surface area (Å²) in [5.41, 5.74) is 2.08. The average molecular weight is 346 g/mol. The minimum Gasteiger partial charge on any atom is -0.396 e. The summed E-state index contributed by atoms with van der Waals surface area (Å²) in [5, 5.41) is 13.6. The van der Waals surface area contributed by atoms with Crippen LogP contribution in [-0.4, -0.2) is 17.8 Å². The Bertz CT molecular complexity index is 701. The predicted octanol–water partition coefficient (Wildman–Crippen LogP) is 4.29. The number of aliphatic hydroxyl groups is 1. The van der Waals surface area contributed by atoms with E-state index in [1.165, 1.54) is 12.1 Å². The third kappa shape index (κ3) is 4.23. The highest BCUT2D eigenvalue weighted by Gasteiger charge is 2.23. The maximum atomic E-state index is 13.2. The smallest absolute Gasteiger partial charge is 0.123 e. The van der Waals surface area contributed by atoms with Gasteiger partial charge in [0, 0.05) is 29.6 Å². The molecular weight excluding hydrogens is 325 g/mol. The number of nitrogens with one attached hydrogen (secondary N) is 1. The molecule has 4 heteroatoms. The summed E-state index contributed by atoms with van der Waals surface area (Å²) in [6, 6.07) is 14.6. The molecule has 3 atom stereocenters. The van der Waals surface area contributed by atoms with E-state index in [0.29, 0.717) is 0 Å². The standard InChI is InChI=1S/C20H21ClFNO/c21-19-4-2-1-3-18(19)20(12-14-5-8-16(22)9-6-14)23-17-10-7-15(11-17)13-24/h1-10,15,17,20,23-24H,11-13H2/t15-,17+,20-/m0/s1. The Kier molecular flexibility index (Phi) is 5.67. The van der Waals surface area contributed by atoms with Gasteiger partial charge in [-0.2, -0.15) is 0 Å². The largest absolute Gasteiger partial charge is 0.396 e. The molecule has 2 N–H and O–H groups in total. The molecule has 2 aromatic rings. The molecule has 0 saturated heterocycles. The zero-order valence-corrected chi connectivity index (χ0v) is 14.1. The van der Waals surface area contributed by atoms with Crippen molar-refractivity contribution >= 4 is 11.6 Å². The molecule has 24 heavy (non-hydrogen) atoms. The van der Waals surface area contributed by atoms with Crippen LogP contribution in [0.2, 0.25) is 5.02 Å². The Morgan fingerprint density at radius 1 is 1.12 bits per heavy atom. The van der Waals surface area contributed by atoms with Crippen LogP contribution in [0.1, 0.15) is 23.6 Å². The quantitative estimate of drug-likeness (QED) is 0.765. The van der Waals surface area contributed by atoms with Crippen molar-refractivity contribution in [1.29, 1.82) is 0 Å². The second kappa shape index (κ2) is 7.93. The summed E-state index contributed by atoms with van der Waals surface area (Å²) in [5.74, 6) is -0.0225. The Labute approximate surface area is 147 Å². The van der Waals surface area contributed by atoms with Gasteiger partial charge in [-0.15, -0.1) is 0 Å². The molecule has 0 fully saturated rings. The van der Waals surface area contributed by atoms with Gasteiger partial charge in [0.25, 0.3) is 0 Å². The van der Waals surface area contributed by atoms with Crippen molar-refractivity contribution in [2.24, 2.45) is 5.92 Å². The maximum Gasteiger partial charge on any atom is 0.123 e. The number of rotatable bonds is 6. The van der Waals surface area contributed by atoms with Crippen LogP contribution in [0, 0.1) is 11.7 Å². The van der Waals surface area contributed by atoms with Crippen LogP contribution in [0.15, 0.2) is 60.7 Å². The lowest BCUT2D eigenvalue weighted by Gasteiger charge is -2.24. The van der Waals surface area contributed by atoms with E-state index in [-0.39, 0.29) is 30.4 Å². The van der Waals surface area contributed by atoms with Crippen LogP contribution in [0.3, 0.4) is 0 Å². The van der Waals surface area contributed by atoms with Gasteiger partial charge in [0.15, 0.2) is 0 Å². The maximum absolute atomic E-state index is 13.2. The molecule has 0 aliphatic heterocycles. The predicted molar refractivity (Wildman–Crippen MR) is 95.6 cm³/mol. The number of halogens is 2. The molecule has 2 nitrogen and oxygen atoms in total. The normalized spacial score (nSPS) is 21.1. The van der Waals surface area contributed by atoms with Gasteiger partial charge < -0.3 is 10.4 Å². The van der Waals surface area contributed by atoms with E-state index in [2.05, 4.69) is 17.5 Å². The first-order chi connectivity index (χ1) is 11.7. The van der Waals surface area contributed by atoms with Crippen LogP contribution >= 0.6 is 11.6 Å². The third-order valence-corrected chi connectivity index (χ3v) is 4.80. The van der Waals surface area contributed by atoms with Crippen molar-refractivity contribution in [2.45, 2.75) is 24.9 Å². The molecule has 2 aromatic carbocycles. The molecular formula is C20H21ClFNO. The Morgan fingerprint density at radius 2 is 1.88 bits per heavy atom. The lowest BCUT2D eigenvalue weighted by molar-refractivity contribution is 0.244. The van der Waals surface area contributed by atoms with Crippen LogP contribution in [0.4, 0.5) is 4.39 Å². The second-order valence-corrected chi connectivity index (χ2v) is 6.65. The van der Waals surface area contributed by atoms with Crippen LogP contribution < -0.4 is 5.32 Å². The van der Waals surface area contributed by atoms with Gasteiger partial charge in [0.1, 0.15) is 5.82 Å². The third-order valence-electron chi connectivity index (χ3n) is 4.46. The van der Waals surface area contributed by atoms with Crippen molar-refractivity contribution in [2.75, 3.05) is 6.61 Å². The fraction of sp³-hybridized carbons (Fsp3) is 0.300. The molecule has 0 unspecified atom stereocenters. The van der Waals surface area contributed by atoms with Gasteiger partial charge in [0.05, 0.1) is 0 Å². The average Bonchev–Trinajstić information content (AvgIpc) is 3.04. The first kappa shape index (κ1) is 17.2.